The summed E-state index contributed by atoms with van der Waals surface area (Å²) < 4.78 is 25.4. The van der Waals surface area contributed by atoms with Crippen LogP contribution in [0, 0.1) is 24.7 Å². The number of fused-ring (bicyclic) bond motifs is 4. The second kappa shape index (κ2) is 27.3. The quantitative estimate of drug-likeness (QED) is 0.0409. The average Bonchev–Trinajstić information content (AvgIpc) is 1.56. The molecule has 476 valence electrons. The predicted octanol–water partition coefficient (Wildman–Crippen LogP) is 8.78. The van der Waals surface area contributed by atoms with Gasteiger partial charge in [0.2, 0.25) is 17.7 Å². The number of carboxylic acids is 1. The van der Waals surface area contributed by atoms with Crippen LogP contribution in [0.5, 0.6) is 0 Å². The van der Waals surface area contributed by atoms with Gasteiger partial charge in [-0.15, -0.1) is 0 Å². The van der Waals surface area contributed by atoms with E-state index in [9.17, 15) is 28.8 Å². The summed E-state index contributed by atoms with van der Waals surface area (Å²) in [6, 6.07) is 14.5. The minimum atomic E-state index is -1.04. The summed E-state index contributed by atoms with van der Waals surface area (Å²) in [5.74, 6) is 0.191. The van der Waals surface area contributed by atoms with Crippen molar-refractivity contribution in [3.63, 3.8) is 0 Å². The van der Waals surface area contributed by atoms with E-state index in [2.05, 4.69) is 102 Å². The number of aliphatic carboxylic acids is 1. The van der Waals surface area contributed by atoms with Crippen molar-refractivity contribution in [1.82, 2.24) is 59.7 Å². The van der Waals surface area contributed by atoms with Crippen LogP contribution < -0.4 is 16.0 Å². The minimum absolute atomic E-state index is 0.0126. The van der Waals surface area contributed by atoms with Gasteiger partial charge in [0.15, 0.2) is 11.6 Å². The van der Waals surface area contributed by atoms with Gasteiger partial charge in [-0.3, -0.25) is 38.1 Å². The topological polar surface area (TPSA) is 312 Å². The van der Waals surface area contributed by atoms with E-state index in [1.165, 1.54) is 25.0 Å². The lowest BCUT2D eigenvalue weighted by Gasteiger charge is -2.27. The number of ether oxygens (including phenoxy) is 4. The molecule has 2 aliphatic heterocycles. The van der Waals surface area contributed by atoms with Crippen molar-refractivity contribution >= 4 is 101 Å². The molecule has 2 aliphatic carbocycles. The largest absolute Gasteiger partial charge is 0.480 e. The predicted molar refractivity (Wildman–Crippen MR) is 342 cm³/mol. The normalized spacial score (nSPS) is 20.0. The molecule has 0 radical (unpaired) electrons. The van der Waals surface area contributed by atoms with Crippen LogP contribution in [0.25, 0.3) is 44.1 Å². The first-order chi connectivity index (χ1) is 43.4. The number of hydrogen-bond donors (Lipinski definition) is 4. The second-order valence-corrected chi connectivity index (χ2v) is 25.5. The lowest BCUT2D eigenvalue weighted by atomic mass is 10.0. The number of benzene rings is 2. The molecule has 12 rings (SSSR count). The maximum atomic E-state index is 14.1. The summed E-state index contributed by atoms with van der Waals surface area (Å²) in [6.45, 7) is 11.5. The van der Waals surface area contributed by atoms with E-state index in [4.69, 9.17) is 24.1 Å². The fourth-order valence-electron chi connectivity index (χ4n) is 12.1. The molecule has 2 saturated heterocycles. The number of methoxy groups -OCH3 is 4. The number of aryl methyl sites for hydroxylation is 2. The standard InChI is InChI=1S/C32H34BrN7O5.C18H18N4O4.C14H18BrN3O2/c1-17(41)28-23-9-20(22-12-34-18(2)35-13-22)8-21(16-45-5)29(23)39(38-28)14-27(42)40-24(10-32(3)11-25(32)40)31(43)37-30-19(15-44-4)6-7-26(33)36-30;1-10(23)17-15-5-12(14-6-19-11(2)20-7-14)4-13(9-26-3)18(15)22(21-17)8-16(24)25;1-14-5-9(16-10(14)6-14)13(19)18-12-8(7-20-2)3-4-11(15)17-12/h6-9,12-13,24-25H,10-11,14-16H2,1-5H3,(H,36,37,43);4-7H,8-9H2,1-3H3,(H,24,25);3-4,9-10,16H,5-7H2,1-2H3,(H,17,18,19)/t24-,25+,32-;;9-,10+,14-/m0.0/s1. The number of aromatic nitrogens is 10. The Morgan fingerprint density at radius 3 is 1.47 bits per heavy atom. The highest BCUT2D eigenvalue weighted by atomic mass is 79.9. The zero-order chi connectivity index (χ0) is 65.2. The molecule has 2 aromatic carbocycles. The molecule has 4 fully saturated rings. The van der Waals surface area contributed by atoms with Crippen molar-refractivity contribution in [2.45, 2.75) is 131 Å². The lowest BCUT2D eigenvalue weighted by Crippen LogP contribution is -2.47. The van der Waals surface area contributed by atoms with Gasteiger partial charge in [0.1, 0.15) is 63.0 Å². The fourth-order valence-corrected chi connectivity index (χ4v) is 12.7. The van der Waals surface area contributed by atoms with Crippen molar-refractivity contribution in [1.29, 1.82) is 0 Å². The Morgan fingerprint density at radius 1 is 0.593 bits per heavy atom. The highest BCUT2D eigenvalue weighted by Crippen LogP contribution is 2.59. The number of Topliss-reactive ketones (excluding diaryl/α,β-unsaturated/α-hetero) is 2. The number of halogens is 2. The Kier molecular flexibility index (Phi) is 19.8. The molecule has 6 aromatic heterocycles. The number of ketones is 2. The number of rotatable bonds is 20. The van der Waals surface area contributed by atoms with E-state index in [1.54, 1.807) is 75.8 Å². The number of piperidine rings is 2. The van der Waals surface area contributed by atoms with Gasteiger partial charge < -0.3 is 44.9 Å². The smallest absolute Gasteiger partial charge is 0.325 e. The summed E-state index contributed by atoms with van der Waals surface area (Å²) in [6.07, 6.45) is 10.3. The summed E-state index contributed by atoms with van der Waals surface area (Å²) in [5, 5.41) is 28.4. The van der Waals surface area contributed by atoms with Crippen molar-refractivity contribution in [3.8, 4) is 22.3 Å². The van der Waals surface area contributed by atoms with E-state index < -0.39 is 12.0 Å². The third-order valence-electron chi connectivity index (χ3n) is 16.9. The third-order valence-corrected chi connectivity index (χ3v) is 17.7. The molecule has 8 heterocycles. The first kappa shape index (κ1) is 65.8. The van der Waals surface area contributed by atoms with Crippen LogP contribution >= 0.6 is 31.9 Å². The molecule has 3 amide bonds. The number of nitrogens with one attached hydrogen (secondary N) is 3. The number of hydrogen-bond acceptors (Lipinski definition) is 19. The number of pyridine rings is 2. The molecule has 0 spiro atoms. The van der Waals surface area contributed by atoms with Crippen molar-refractivity contribution in [2.24, 2.45) is 10.8 Å². The van der Waals surface area contributed by atoms with E-state index in [1.807, 2.05) is 49.4 Å². The molecule has 27 heteroatoms. The van der Waals surface area contributed by atoms with Crippen LogP contribution in [-0.2, 0) is 77.6 Å². The van der Waals surface area contributed by atoms with Crippen molar-refractivity contribution in [3.05, 3.63) is 128 Å². The molecule has 0 unspecified atom stereocenters. The molecule has 4 aliphatic rings. The van der Waals surface area contributed by atoms with Crippen molar-refractivity contribution in [2.75, 3.05) is 39.1 Å². The zero-order valence-electron chi connectivity index (χ0n) is 52.0. The molecule has 4 N–H and O–H groups in total. The number of likely N-dealkylation sites (tertiary alicyclic amines) is 1. The molecule has 0 bridgehead atoms. The SMILES string of the molecule is COCc1cc(-c2cnc(C)nc2)cc2c(C(C)=O)nn(CC(=O)O)c12.COCc1ccc(Br)nc1NC(=O)[C@@H]1C[C@@]2(C)C[C@H]2N1.COCc1ccc(Br)nc1NC(=O)[C@@H]1C[C@@]2(C)C[C@H]2N1C(=O)Cn1nc(C(C)=O)c2cc(-c3cnc(C)nc3)cc(COC)c21. The van der Waals surface area contributed by atoms with Crippen LogP contribution in [0.4, 0.5) is 11.6 Å². The summed E-state index contributed by atoms with van der Waals surface area (Å²) in [4.78, 5) is 104. The number of amides is 3. The van der Waals surface area contributed by atoms with Gasteiger partial charge in [-0.2, -0.15) is 10.2 Å². The maximum Gasteiger partial charge on any atom is 0.325 e. The molecule has 6 atom stereocenters. The Morgan fingerprint density at radius 2 is 1.04 bits per heavy atom. The Bertz CT molecular complexity index is 4140. The highest BCUT2D eigenvalue weighted by Gasteiger charge is 2.64. The molecule has 8 aromatic rings. The number of nitrogens with zero attached hydrogens (tertiary/aromatic N) is 11. The van der Waals surface area contributed by atoms with Gasteiger partial charge in [0, 0.05) is 123 Å². The average molecular weight is 1370 g/mol. The van der Waals surface area contributed by atoms with Gasteiger partial charge in [-0.25, -0.2) is 29.9 Å². The first-order valence-electron chi connectivity index (χ1n) is 29.3. The van der Waals surface area contributed by atoms with Gasteiger partial charge in [-0.1, -0.05) is 26.0 Å². The van der Waals surface area contributed by atoms with Gasteiger partial charge >= 0.3 is 5.97 Å². The number of carbonyl (C=O) groups excluding carboxylic acids is 5. The summed E-state index contributed by atoms with van der Waals surface area (Å²) >= 11 is 6.70. The second-order valence-electron chi connectivity index (χ2n) is 23.8. The van der Waals surface area contributed by atoms with Gasteiger partial charge in [-0.05, 0) is 130 Å². The molecule has 2 saturated carbocycles. The monoisotopic (exact) mass is 1370 g/mol. The molecule has 25 nitrogen and oxygen atoms in total. The Hall–Kier alpha value is -8.18. The van der Waals surface area contributed by atoms with Gasteiger partial charge in [0.25, 0.3) is 0 Å². The highest BCUT2D eigenvalue weighted by molar-refractivity contribution is 9.10. The Balaban J connectivity index is 0.000000166. The molecule has 91 heavy (non-hydrogen) atoms. The van der Waals surface area contributed by atoms with E-state index in [0.717, 1.165) is 57.3 Å². The molecular formula is C64H70Br2N14O11. The zero-order valence-corrected chi connectivity index (χ0v) is 55.2. The van der Waals surface area contributed by atoms with Gasteiger partial charge in [0.05, 0.1) is 43.5 Å². The number of carbonyl (C=O) groups is 6. The fraction of sp³-hybridized carbons (Fsp3) is 0.406. The van der Waals surface area contributed by atoms with Crippen LogP contribution in [0.15, 0.2) is 82.5 Å². The van der Waals surface area contributed by atoms with Crippen LogP contribution in [-0.4, -0.2) is 147 Å². The summed E-state index contributed by atoms with van der Waals surface area (Å²) in [5.41, 5.74) is 8.16. The number of carboxylic acid groups (broad SMARTS) is 1. The first-order valence-corrected chi connectivity index (χ1v) is 30.9. The minimum Gasteiger partial charge on any atom is -0.480 e. The van der Waals surface area contributed by atoms with Crippen LogP contribution in [0.2, 0.25) is 0 Å². The van der Waals surface area contributed by atoms with Crippen LogP contribution in [0.1, 0.15) is 108 Å². The lowest BCUT2D eigenvalue weighted by molar-refractivity contribution is -0.138. The molecular weight excluding hydrogens is 1300 g/mol. The summed E-state index contributed by atoms with van der Waals surface area (Å²) in [7, 11) is 6.34. The number of anilines is 2. The maximum absolute atomic E-state index is 14.1. The third kappa shape index (κ3) is 14.5. The van der Waals surface area contributed by atoms with Crippen LogP contribution in [0.3, 0.4) is 0 Å². The van der Waals surface area contributed by atoms with E-state index >= 15 is 0 Å². The van der Waals surface area contributed by atoms with Crippen molar-refractivity contribution < 1.29 is 52.8 Å². The van der Waals surface area contributed by atoms with E-state index in [-0.39, 0.29) is 91.1 Å². The van der Waals surface area contributed by atoms with E-state index in [0.29, 0.717) is 78.8 Å². The Labute approximate surface area is 541 Å².